The number of rotatable bonds is 4. The molecular formula is C13H17N3O3S. The van der Waals surface area contributed by atoms with Crippen LogP contribution in [0.1, 0.15) is 12.5 Å². The monoisotopic (exact) mass is 295 g/mol. The minimum Gasteiger partial charge on any atom is -0.480 e. The normalized spacial score (nSPS) is 21.8. The van der Waals surface area contributed by atoms with Gasteiger partial charge in [-0.1, -0.05) is 0 Å². The SMILES string of the molecule is CC1SCC(C(=O)O)N1C(=O)NCCc1ccncc1. The van der Waals surface area contributed by atoms with Crippen LogP contribution in [0.15, 0.2) is 24.5 Å². The molecule has 1 saturated heterocycles. The molecule has 0 saturated carbocycles. The van der Waals surface area contributed by atoms with Crippen molar-refractivity contribution in [2.24, 2.45) is 0 Å². The van der Waals surface area contributed by atoms with Crippen LogP contribution >= 0.6 is 11.8 Å². The number of thioether (sulfide) groups is 1. The van der Waals surface area contributed by atoms with Gasteiger partial charge in [-0.15, -0.1) is 11.8 Å². The Morgan fingerprint density at radius 3 is 2.85 bits per heavy atom. The quantitative estimate of drug-likeness (QED) is 0.871. The number of urea groups is 1. The third-order valence-corrected chi connectivity index (χ3v) is 4.40. The standard InChI is InChI=1S/C13H17N3O3S/c1-9-16(11(8-20-9)12(17)18)13(19)15-7-4-10-2-5-14-6-3-10/h2-3,5-6,9,11H,4,7-8H2,1H3,(H,15,19)(H,17,18). The first-order chi connectivity index (χ1) is 9.59. The second kappa shape index (κ2) is 6.60. The third kappa shape index (κ3) is 3.41. The maximum atomic E-state index is 12.1. The fraction of sp³-hybridized carbons (Fsp3) is 0.462. The van der Waals surface area contributed by atoms with Crippen LogP contribution in [0.25, 0.3) is 0 Å². The van der Waals surface area contributed by atoms with E-state index < -0.39 is 12.0 Å². The summed E-state index contributed by atoms with van der Waals surface area (Å²) in [5.74, 6) is -0.514. The molecule has 0 aromatic carbocycles. The summed E-state index contributed by atoms with van der Waals surface area (Å²) in [6.45, 7) is 2.32. The summed E-state index contributed by atoms with van der Waals surface area (Å²) in [4.78, 5) is 28.5. The first-order valence-electron chi connectivity index (χ1n) is 6.39. The number of aromatic nitrogens is 1. The van der Waals surface area contributed by atoms with Crippen molar-refractivity contribution in [1.29, 1.82) is 0 Å². The third-order valence-electron chi connectivity index (χ3n) is 3.18. The minimum absolute atomic E-state index is 0.114. The Bertz CT molecular complexity index is 483. The summed E-state index contributed by atoms with van der Waals surface area (Å²) in [7, 11) is 0. The molecule has 108 valence electrons. The Balaban J connectivity index is 1.86. The first kappa shape index (κ1) is 14.6. The Hall–Kier alpha value is -1.76. The van der Waals surface area contributed by atoms with Crippen molar-refractivity contribution in [3.05, 3.63) is 30.1 Å². The van der Waals surface area contributed by atoms with Crippen molar-refractivity contribution in [2.75, 3.05) is 12.3 Å². The molecule has 2 amide bonds. The molecule has 2 N–H and O–H groups in total. The van der Waals surface area contributed by atoms with Crippen molar-refractivity contribution in [1.82, 2.24) is 15.2 Å². The van der Waals surface area contributed by atoms with E-state index in [0.717, 1.165) is 5.56 Å². The molecule has 0 bridgehead atoms. The lowest BCUT2D eigenvalue weighted by atomic mass is 10.2. The Morgan fingerprint density at radius 2 is 2.20 bits per heavy atom. The van der Waals surface area contributed by atoms with Crippen LogP contribution in [-0.4, -0.2) is 50.7 Å². The molecule has 2 heterocycles. The van der Waals surface area contributed by atoms with Crippen molar-refractivity contribution in [2.45, 2.75) is 24.8 Å². The average Bonchev–Trinajstić information content (AvgIpc) is 2.82. The summed E-state index contributed by atoms with van der Waals surface area (Å²) < 4.78 is 0. The fourth-order valence-corrected chi connectivity index (χ4v) is 3.26. The second-order valence-corrected chi connectivity index (χ2v) is 5.88. The Labute approximate surface area is 121 Å². The molecule has 2 unspecified atom stereocenters. The highest BCUT2D eigenvalue weighted by Crippen LogP contribution is 2.28. The number of carboxylic acid groups (broad SMARTS) is 1. The number of aliphatic carboxylic acids is 1. The van der Waals surface area contributed by atoms with Crippen LogP contribution in [0.2, 0.25) is 0 Å². The number of amides is 2. The van der Waals surface area contributed by atoms with Crippen molar-refractivity contribution in [3.63, 3.8) is 0 Å². The van der Waals surface area contributed by atoms with E-state index >= 15 is 0 Å². The van der Waals surface area contributed by atoms with E-state index in [1.807, 2.05) is 19.1 Å². The Morgan fingerprint density at radius 1 is 1.50 bits per heavy atom. The highest BCUT2D eigenvalue weighted by molar-refractivity contribution is 8.00. The molecule has 7 heteroatoms. The molecule has 1 aliphatic rings. The smallest absolute Gasteiger partial charge is 0.327 e. The first-order valence-corrected chi connectivity index (χ1v) is 7.44. The van der Waals surface area contributed by atoms with Gasteiger partial charge in [0.15, 0.2) is 0 Å². The zero-order chi connectivity index (χ0) is 14.5. The van der Waals surface area contributed by atoms with Crippen LogP contribution in [0.5, 0.6) is 0 Å². The predicted octanol–water partition coefficient (Wildman–Crippen LogP) is 1.18. The van der Waals surface area contributed by atoms with Gasteiger partial charge in [-0.25, -0.2) is 9.59 Å². The number of hydrogen-bond acceptors (Lipinski definition) is 4. The van der Waals surface area contributed by atoms with E-state index in [1.165, 1.54) is 16.7 Å². The van der Waals surface area contributed by atoms with Gasteiger partial charge in [0.2, 0.25) is 0 Å². The van der Waals surface area contributed by atoms with E-state index in [0.29, 0.717) is 18.7 Å². The highest BCUT2D eigenvalue weighted by atomic mass is 32.2. The molecule has 1 fully saturated rings. The summed E-state index contributed by atoms with van der Waals surface area (Å²) >= 11 is 1.48. The van der Waals surface area contributed by atoms with E-state index in [4.69, 9.17) is 5.11 Å². The summed E-state index contributed by atoms with van der Waals surface area (Å²) in [6.07, 6.45) is 4.11. The average molecular weight is 295 g/mol. The van der Waals surface area contributed by atoms with Gasteiger partial charge >= 0.3 is 12.0 Å². The molecule has 0 spiro atoms. The zero-order valence-corrected chi connectivity index (χ0v) is 12.0. The number of carbonyl (C=O) groups excluding carboxylic acids is 1. The van der Waals surface area contributed by atoms with Gasteiger partial charge in [-0.2, -0.15) is 0 Å². The van der Waals surface area contributed by atoms with Gasteiger partial charge in [0, 0.05) is 24.7 Å². The Kier molecular flexibility index (Phi) is 4.84. The molecule has 0 radical (unpaired) electrons. The maximum absolute atomic E-state index is 12.1. The number of carbonyl (C=O) groups is 2. The van der Waals surface area contributed by atoms with Gasteiger partial charge in [0.1, 0.15) is 6.04 Å². The molecule has 1 aliphatic heterocycles. The molecule has 20 heavy (non-hydrogen) atoms. The van der Waals surface area contributed by atoms with E-state index in [-0.39, 0.29) is 11.4 Å². The largest absolute Gasteiger partial charge is 0.480 e. The van der Waals surface area contributed by atoms with Crippen molar-refractivity contribution >= 4 is 23.8 Å². The van der Waals surface area contributed by atoms with Crippen LogP contribution in [0.4, 0.5) is 4.79 Å². The predicted molar refractivity (Wildman–Crippen MR) is 76.5 cm³/mol. The van der Waals surface area contributed by atoms with Crippen LogP contribution in [0, 0.1) is 0 Å². The van der Waals surface area contributed by atoms with Gasteiger partial charge < -0.3 is 10.4 Å². The van der Waals surface area contributed by atoms with E-state index in [9.17, 15) is 9.59 Å². The molecule has 0 aliphatic carbocycles. The summed E-state index contributed by atoms with van der Waals surface area (Å²) in [5, 5.41) is 11.8. The molecular weight excluding hydrogens is 278 g/mol. The minimum atomic E-state index is -0.953. The highest BCUT2D eigenvalue weighted by Gasteiger charge is 2.39. The number of pyridine rings is 1. The van der Waals surface area contributed by atoms with Crippen LogP contribution in [-0.2, 0) is 11.2 Å². The number of nitrogens with one attached hydrogen (secondary N) is 1. The van der Waals surface area contributed by atoms with E-state index in [2.05, 4.69) is 10.3 Å². The lowest BCUT2D eigenvalue weighted by Gasteiger charge is -2.25. The summed E-state index contributed by atoms with van der Waals surface area (Å²) in [5.41, 5.74) is 1.08. The van der Waals surface area contributed by atoms with Gasteiger partial charge in [0.05, 0.1) is 5.37 Å². The zero-order valence-electron chi connectivity index (χ0n) is 11.2. The van der Waals surface area contributed by atoms with E-state index in [1.54, 1.807) is 12.4 Å². The van der Waals surface area contributed by atoms with Crippen LogP contribution < -0.4 is 5.32 Å². The molecule has 2 rings (SSSR count). The van der Waals surface area contributed by atoms with Gasteiger partial charge in [-0.05, 0) is 31.0 Å². The van der Waals surface area contributed by atoms with Gasteiger partial charge in [-0.3, -0.25) is 9.88 Å². The lowest BCUT2D eigenvalue weighted by molar-refractivity contribution is -0.141. The molecule has 6 nitrogen and oxygen atoms in total. The number of hydrogen-bond donors (Lipinski definition) is 2. The number of nitrogens with zero attached hydrogens (tertiary/aromatic N) is 2. The molecule has 2 atom stereocenters. The van der Waals surface area contributed by atoms with Gasteiger partial charge in [0.25, 0.3) is 0 Å². The maximum Gasteiger partial charge on any atom is 0.327 e. The fourth-order valence-electron chi connectivity index (χ4n) is 2.10. The van der Waals surface area contributed by atoms with Crippen molar-refractivity contribution < 1.29 is 14.7 Å². The van der Waals surface area contributed by atoms with Crippen molar-refractivity contribution in [3.8, 4) is 0 Å². The number of carboxylic acids is 1. The topological polar surface area (TPSA) is 82.5 Å². The lowest BCUT2D eigenvalue weighted by Crippen LogP contribution is -2.49. The van der Waals surface area contributed by atoms with Crippen LogP contribution in [0.3, 0.4) is 0 Å². The second-order valence-electron chi connectivity index (χ2n) is 4.53. The molecule has 1 aromatic rings. The summed E-state index contributed by atoms with van der Waals surface area (Å²) in [6, 6.07) is 2.72. The molecule has 1 aromatic heterocycles.